The number of likely N-dealkylation sites (tertiary alicyclic amines) is 1. The van der Waals surface area contributed by atoms with Crippen LogP contribution < -0.4 is 10.2 Å². The Labute approximate surface area is 131 Å². The summed E-state index contributed by atoms with van der Waals surface area (Å²) in [4.78, 5) is 28.1. The number of rotatable bonds is 3. The molecule has 1 saturated carbocycles. The number of anilines is 1. The van der Waals surface area contributed by atoms with Gasteiger partial charge in [-0.2, -0.15) is 0 Å². The van der Waals surface area contributed by atoms with Crippen molar-refractivity contribution in [3.8, 4) is 0 Å². The molecule has 0 aromatic heterocycles. The number of piperidine rings is 1. The molecular formula is C17H23N3O2. The highest BCUT2D eigenvalue weighted by atomic mass is 16.2. The van der Waals surface area contributed by atoms with E-state index in [9.17, 15) is 9.59 Å². The minimum absolute atomic E-state index is 0.00943. The largest absolute Gasteiger partial charge is 0.335 e. The van der Waals surface area contributed by atoms with Gasteiger partial charge in [0.1, 0.15) is 0 Å². The van der Waals surface area contributed by atoms with E-state index in [4.69, 9.17) is 0 Å². The first kappa shape index (κ1) is 14.9. The summed E-state index contributed by atoms with van der Waals surface area (Å²) in [5.41, 5.74) is 0.918. The van der Waals surface area contributed by atoms with E-state index in [1.54, 1.807) is 4.90 Å². The number of carbonyl (C=O) groups is 2. The highest BCUT2D eigenvalue weighted by Crippen LogP contribution is 2.24. The van der Waals surface area contributed by atoms with Crippen molar-refractivity contribution in [1.82, 2.24) is 10.2 Å². The number of nitrogens with one attached hydrogen (secondary N) is 1. The molecule has 0 bridgehead atoms. The summed E-state index contributed by atoms with van der Waals surface area (Å²) in [6, 6.07) is 10.1. The van der Waals surface area contributed by atoms with Gasteiger partial charge in [-0.1, -0.05) is 18.2 Å². The SMILES string of the molecule is CN(C(=O)C1CCN(C(=O)NC2CC2)CC1)c1ccccc1. The Bertz CT molecular complexity index is 534. The fourth-order valence-corrected chi connectivity index (χ4v) is 2.88. The van der Waals surface area contributed by atoms with Crippen molar-refractivity contribution in [2.24, 2.45) is 5.92 Å². The lowest BCUT2D eigenvalue weighted by molar-refractivity contribution is -0.123. The number of hydrogen-bond donors (Lipinski definition) is 1. The maximum atomic E-state index is 12.6. The van der Waals surface area contributed by atoms with Gasteiger partial charge in [-0.05, 0) is 37.8 Å². The average Bonchev–Trinajstić information content (AvgIpc) is 3.38. The predicted molar refractivity (Wildman–Crippen MR) is 85.7 cm³/mol. The number of amides is 3. The number of para-hydroxylation sites is 1. The third-order valence-electron chi connectivity index (χ3n) is 4.51. The maximum absolute atomic E-state index is 12.6. The molecule has 1 aliphatic heterocycles. The number of carbonyl (C=O) groups excluding carboxylic acids is 2. The molecular weight excluding hydrogens is 278 g/mol. The zero-order chi connectivity index (χ0) is 15.5. The van der Waals surface area contributed by atoms with Gasteiger partial charge in [0.05, 0.1) is 0 Å². The zero-order valence-corrected chi connectivity index (χ0v) is 13.0. The van der Waals surface area contributed by atoms with Crippen molar-refractivity contribution in [3.63, 3.8) is 0 Å². The third-order valence-corrected chi connectivity index (χ3v) is 4.51. The molecule has 1 aliphatic carbocycles. The molecule has 1 aromatic rings. The van der Waals surface area contributed by atoms with Crippen LogP contribution in [0.2, 0.25) is 0 Å². The molecule has 5 heteroatoms. The topological polar surface area (TPSA) is 52.7 Å². The van der Waals surface area contributed by atoms with E-state index >= 15 is 0 Å². The number of benzene rings is 1. The average molecular weight is 301 g/mol. The van der Waals surface area contributed by atoms with Crippen LogP contribution in [-0.4, -0.2) is 43.0 Å². The van der Waals surface area contributed by atoms with Crippen LogP contribution in [0.15, 0.2) is 30.3 Å². The van der Waals surface area contributed by atoms with Gasteiger partial charge in [-0.3, -0.25) is 4.79 Å². The highest BCUT2D eigenvalue weighted by molar-refractivity contribution is 5.94. The Balaban J connectivity index is 1.52. The molecule has 1 aromatic carbocycles. The lowest BCUT2D eigenvalue weighted by atomic mass is 9.95. The molecule has 2 fully saturated rings. The zero-order valence-electron chi connectivity index (χ0n) is 13.0. The van der Waals surface area contributed by atoms with E-state index in [0.717, 1.165) is 31.4 Å². The second-order valence-corrected chi connectivity index (χ2v) is 6.22. The number of hydrogen-bond acceptors (Lipinski definition) is 2. The second kappa shape index (κ2) is 6.38. The van der Waals surface area contributed by atoms with Crippen LogP contribution in [-0.2, 0) is 4.79 Å². The molecule has 0 radical (unpaired) electrons. The molecule has 2 aliphatic rings. The molecule has 1 saturated heterocycles. The van der Waals surface area contributed by atoms with E-state index < -0.39 is 0 Å². The summed E-state index contributed by atoms with van der Waals surface area (Å²) in [5.74, 6) is 0.156. The van der Waals surface area contributed by atoms with Crippen molar-refractivity contribution in [1.29, 1.82) is 0 Å². The summed E-state index contributed by atoms with van der Waals surface area (Å²) in [7, 11) is 1.82. The quantitative estimate of drug-likeness (QED) is 0.931. The van der Waals surface area contributed by atoms with Crippen molar-refractivity contribution in [3.05, 3.63) is 30.3 Å². The fraction of sp³-hybridized carbons (Fsp3) is 0.529. The van der Waals surface area contributed by atoms with Crippen molar-refractivity contribution in [2.75, 3.05) is 25.0 Å². The van der Waals surface area contributed by atoms with Crippen LogP contribution in [0.5, 0.6) is 0 Å². The van der Waals surface area contributed by atoms with Gasteiger partial charge in [-0.15, -0.1) is 0 Å². The van der Waals surface area contributed by atoms with E-state index in [2.05, 4.69) is 5.32 Å². The predicted octanol–water partition coefficient (Wildman–Crippen LogP) is 2.23. The van der Waals surface area contributed by atoms with Gasteiger partial charge in [0.25, 0.3) is 0 Å². The van der Waals surface area contributed by atoms with Crippen LogP contribution in [0, 0.1) is 5.92 Å². The van der Waals surface area contributed by atoms with Crippen LogP contribution in [0.4, 0.5) is 10.5 Å². The van der Waals surface area contributed by atoms with E-state index in [1.165, 1.54) is 0 Å². The van der Waals surface area contributed by atoms with Crippen LogP contribution in [0.1, 0.15) is 25.7 Å². The van der Waals surface area contributed by atoms with Gasteiger partial charge in [-0.25, -0.2) is 4.79 Å². The Hall–Kier alpha value is -2.04. The summed E-state index contributed by atoms with van der Waals surface area (Å²) < 4.78 is 0. The smallest absolute Gasteiger partial charge is 0.317 e. The summed E-state index contributed by atoms with van der Waals surface area (Å²) in [6.07, 6.45) is 3.69. The van der Waals surface area contributed by atoms with Crippen molar-refractivity contribution >= 4 is 17.6 Å². The molecule has 3 amide bonds. The van der Waals surface area contributed by atoms with Gasteiger partial charge in [0.2, 0.25) is 5.91 Å². The number of urea groups is 1. The Morgan fingerprint density at radius 1 is 1.09 bits per heavy atom. The summed E-state index contributed by atoms with van der Waals surface area (Å²) in [5, 5.41) is 3.01. The van der Waals surface area contributed by atoms with Gasteiger partial charge >= 0.3 is 6.03 Å². The van der Waals surface area contributed by atoms with Crippen LogP contribution >= 0.6 is 0 Å². The van der Waals surface area contributed by atoms with E-state index in [-0.39, 0.29) is 17.9 Å². The molecule has 5 nitrogen and oxygen atoms in total. The molecule has 1 heterocycles. The Kier molecular flexibility index (Phi) is 4.32. The van der Waals surface area contributed by atoms with Crippen LogP contribution in [0.3, 0.4) is 0 Å². The molecule has 3 rings (SSSR count). The third kappa shape index (κ3) is 3.40. The van der Waals surface area contributed by atoms with E-state index in [0.29, 0.717) is 19.1 Å². The van der Waals surface area contributed by atoms with Gasteiger partial charge in [0, 0.05) is 37.8 Å². The number of nitrogens with zero attached hydrogens (tertiary/aromatic N) is 2. The molecule has 0 unspecified atom stereocenters. The normalized spacial score (nSPS) is 18.9. The van der Waals surface area contributed by atoms with E-state index in [1.807, 2.05) is 42.3 Å². The van der Waals surface area contributed by atoms with Gasteiger partial charge in [0.15, 0.2) is 0 Å². The second-order valence-electron chi connectivity index (χ2n) is 6.22. The lowest BCUT2D eigenvalue weighted by Crippen LogP contribution is -2.47. The molecule has 1 N–H and O–H groups in total. The first-order valence-electron chi connectivity index (χ1n) is 8.03. The van der Waals surface area contributed by atoms with Crippen LogP contribution in [0.25, 0.3) is 0 Å². The summed E-state index contributed by atoms with van der Waals surface area (Å²) >= 11 is 0. The summed E-state index contributed by atoms with van der Waals surface area (Å²) in [6.45, 7) is 1.33. The minimum atomic E-state index is 0.00943. The van der Waals surface area contributed by atoms with Crippen molar-refractivity contribution < 1.29 is 9.59 Å². The standard InChI is InChI=1S/C17H23N3O2/c1-19(15-5-3-2-4-6-15)16(21)13-9-11-20(12-10-13)17(22)18-14-7-8-14/h2-6,13-14H,7-12H2,1H3,(H,18,22). The lowest BCUT2D eigenvalue weighted by Gasteiger charge is -2.33. The Morgan fingerprint density at radius 3 is 2.32 bits per heavy atom. The molecule has 0 spiro atoms. The van der Waals surface area contributed by atoms with Crippen molar-refractivity contribution in [2.45, 2.75) is 31.7 Å². The monoisotopic (exact) mass is 301 g/mol. The highest BCUT2D eigenvalue weighted by Gasteiger charge is 2.31. The van der Waals surface area contributed by atoms with Gasteiger partial charge < -0.3 is 15.1 Å². The molecule has 0 atom stereocenters. The molecule has 118 valence electrons. The Morgan fingerprint density at radius 2 is 1.73 bits per heavy atom. The first-order valence-corrected chi connectivity index (χ1v) is 8.03. The first-order chi connectivity index (χ1) is 10.6. The fourth-order valence-electron chi connectivity index (χ4n) is 2.88. The molecule has 22 heavy (non-hydrogen) atoms. The maximum Gasteiger partial charge on any atom is 0.317 e. The minimum Gasteiger partial charge on any atom is -0.335 e.